The van der Waals surface area contributed by atoms with Gasteiger partial charge in [-0.3, -0.25) is 0 Å². The van der Waals surface area contributed by atoms with E-state index >= 15 is 0 Å². The summed E-state index contributed by atoms with van der Waals surface area (Å²) in [5.74, 6) is 0. The second-order valence-electron chi connectivity index (χ2n) is 5.35. The van der Waals surface area contributed by atoms with Gasteiger partial charge in [0, 0.05) is 12.2 Å². The van der Waals surface area contributed by atoms with Crippen LogP contribution in [0.3, 0.4) is 0 Å². The van der Waals surface area contributed by atoms with Crippen molar-refractivity contribution < 1.29 is 13.2 Å². The summed E-state index contributed by atoms with van der Waals surface area (Å²) < 4.78 is 37.7. The van der Waals surface area contributed by atoms with Crippen molar-refractivity contribution in [1.29, 1.82) is 0 Å². The number of halogens is 3. The molecular formula is C17H16F3N. The van der Waals surface area contributed by atoms with Crippen LogP contribution >= 0.6 is 0 Å². The molecule has 4 heteroatoms. The van der Waals surface area contributed by atoms with E-state index in [4.69, 9.17) is 0 Å². The van der Waals surface area contributed by atoms with Crippen LogP contribution in [-0.4, -0.2) is 6.54 Å². The number of fused-ring (bicyclic) bond motifs is 1. The minimum absolute atomic E-state index is 0.594. The zero-order chi connectivity index (χ0) is 14.9. The lowest BCUT2D eigenvalue weighted by Gasteiger charge is -2.21. The second kappa shape index (κ2) is 5.43. The number of rotatable bonds is 2. The molecule has 1 heterocycles. The van der Waals surface area contributed by atoms with E-state index in [1.807, 2.05) is 6.07 Å². The minimum Gasteiger partial charge on any atom is -0.385 e. The second-order valence-corrected chi connectivity index (χ2v) is 5.35. The van der Waals surface area contributed by atoms with Crippen molar-refractivity contribution in [3.8, 4) is 0 Å². The Bertz CT molecular complexity index is 629. The van der Waals surface area contributed by atoms with Gasteiger partial charge in [0.25, 0.3) is 0 Å². The van der Waals surface area contributed by atoms with E-state index in [9.17, 15) is 13.2 Å². The quantitative estimate of drug-likeness (QED) is 0.849. The van der Waals surface area contributed by atoms with Gasteiger partial charge in [-0.05, 0) is 54.2 Å². The normalized spacial score (nSPS) is 14.4. The highest BCUT2D eigenvalue weighted by atomic mass is 19.4. The number of anilines is 1. The Morgan fingerprint density at radius 1 is 1.00 bits per heavy atom. The molecule has 0 bridgehead atoms. The van der Waals surface area contributed by atoms with Gasteiger partial charge in [-0.25, -0.2) is 0 Å². The van der Waals surface area contributed by atoms with Crippen molar-refractivity contribution in [2.45, 2.75) is 25.4 Å². The number of alkyl halides is 3. The summed E-state index contributed by atoms with van der Waals surface area (Å²) >= 11 is 0. The molecule has 2 aromatic carbocycles. The number of hydrogen-bond acceptors (Lipinski definition) is 1. The van der Waals surface area contributed by atoms with Crippen molar-refractivity contribution >= 4 is 5.69 Å². The standard InChI is InChI=1S/C17H16F3N/c18-17(19,20)14-8-6-12(7-9-14)11-13-3-1-5-16-15(13)4-2-10-21-16/h1,3,5-9,21H,2,4,10-11H2. The van der Waals surface area contributed by atoms with Crippen LogP contribution in [0.5, 0.6) is 0 Å². The third-order valence-electron chi connectivity index (χ3n) is 3.87. The van der Waals surface area contributed by atoms with Gasteiger partial charge in [-0.1, -0.05) is 24.3 Å². The fraction of sp³-hybridized carbons (Fsp3) is 0.294. The van der Waals surface area contributed by atoms with Crippen LogP contribution in [0.25, 0.3) is 0 Å². The molecule has 0 saturated carbocycles. The van der Waals surface area contributed by atoms with Gasteiger partial charge in [-0.2, -0.15) is 13.2 Å². The Kier molecular flexibility index (Phi) is 3.62. The summed E-state index contributed by atoms with van der Waals surface area (Å²) in [6.45, 7) is 0.983. The lowest BCUT2D eigenvalue weighted by Crippen LogP contribution is -2.13. The lowest BCUT2D eigenvalue weighted by molar-refractivity contribution is -0.137. The van der Waals surface area contributed by atoms with Crippen molar-refractivity contribution in [2.24, 2.45) is 0 Å². The van der Waals surface area contributed by atoms with Crippen LogP contribution in [-0.2, 0) is 19.0 Å². The molecule has 0 unspecified atom stereocenters. The van der Waals surface area contributed by atoms with Gasteiger partial charge < -0.3 is 5.32 Å². The first kappa shape index (κ1) is 14.0. The molecule has 0 fully saturated rings. The molecule has 0 atom stereocenters. The average molecular weight is 291 g/mol. The van der Waals surface area contributed by atoms with Gasteiger partial charge >= 0.3 is 6.18 Å². The SMILES string of the molecule is FC(F)(F)c1ccc(Cc2cccc3c2CCCN3)cc1. The monoisotopic (exact) mass is 291 g/mol. The predicted octanol–water partition coefficient (Wildman–Crippen LogP) is 4.65. The maximum atomic E-state index is 12.6. The Hall–Kier alpha value is -1.97. The molecule has 0 aliphatic carbocycles. The van der Waals surface area contributed by atoms with Crippen molar-refractivity contribution in [3.63, 3.8) is 0 Å². The molecule has 110 valence electrons. The zero-order valence-corrected chi connectivity index (χ0v) is 11.5. The highest BCUT2D eigenvalue weighted by Crippen LogP contribution is 2.30. The molecule has 0 aromatic heterocycles. The summed E-state index contributed by atoms with van der Waals surface area (Å²) in [7, 11) is 0. The molecule has 0 spiro atoms. The van der Waals surface area contributed by atoms with Crippen LogP contribution in [0.2, 0.25) is 0 Å². The summed E-state index contributed by atoms with van der Waals surface area (Å²) in [6.07, 6.45) is -1.48. The fourth-order valence-corrected chi connectivity index (χ4v) is 2.78. The molecule has 0 amide bonds. The van der Waals surface area contributed by atoms with E-state index in [0.717, 1.165) is 42.8 Å². The Morgan fingerprint density at radius 3 is 2.48 bits per heavy atom. The third-order valence-corrected chi connectivity index (χ3v) is 3.87. The third kappa shape index (κ3) is 3.04. The van der Waals surface area contributed by atoms with E-state index in [-0.39, 0.29) is 0 Å². The maximum absolute atomic E-state index is 12.6. The predicted molar refractivity (Wildman–Crippen MR) is 77.5 cm³/mol. The van der Waals surface area contributed by atoms with E-state index in [1.165, 1.54) is 11.1 Å². The van der Waals surface area contributed by atoms with Crippen LogP contribution in [0.1, 0.15) is 28.7 Å². The molecule has 1 N–H and O–H groups in total. The van der Waals surface area contributed by atoms with Gasteiger partial charge in [-0.15, -0.1) is 0 Å². The van der Waals surface area contributed by atoms with Crippen LogP contribution in [0.15, 0.2) is 42.5 Å². The molecule has 1 aliphatic rings. The maximum Gasteiger partial charge on any atom is 0.416 e. The summed E-state index contributed by atoms with van der Waals surface area (Å²) in [6, 6.07) is 11.6. The first-order chi connectivity index (χ1) is 10.0. The zero-order valence-electron chi connectivity index (χ0n) is 11.5. The van der Waals surface area contributed by atoms with Crippen molar-refractivity contribution in [2.75, 3.05) is 11.9 Å². The highest BCUT2D eigenvalue weighted by Gasteiger charge is 2.29. The molecule has 3 rings (SSSR count). The molecule has 0 saturated heterocycles. The molecular weight excluding hydrogens is 275 g/mol. The minimum atomic E-state index is -4.27. The van der Waals surface area contributed by atoms with Gasteiger partial charge in [0.1, 0.15) is 0 Å². The molecule has 2 aromatic rings. The molecule has 21 heavy (non-hydrogen) atoms. The molecule has 1 nitrogen and oxygen atoms in total. The van der Waals surface area contributed by atoms with Crippen molar-refractivity contribution in [1.82, 2.24) is 0 Å². The first-order valence-corrected chi connectivity index (χ1v) is 7.05. The number of benzene rings is 2. The summed E-state index contributed by atoms with van der Waals surface area (Å²) in [5.41, 5.74) is 3.96. The Balaban J connectivity index is 1.84. The highest BCUT2D eigenvalue weighted by molar-refractivity contribution is 5.57. The van der Waals surface area contributed by atoms with Crippen LogP contribution in [0, 0.1) is 0 Å². The summed E-state index contributed by atoms with van der Waals surface area (Å²) in [4.78, 5) is 0. The smallest absolute Gasteiger partial charge is 0.385 e. The molecule has 1 aliphatic heterocycles. The van der Waals surface area contributed by atoms with Gasteiger partial charge in [0.2, 0.25) is 0 Å². The largest absolute Gasteiger partial charge is 0.416 e. The number of hydrogen-bond donors (Lipinski definition) is 1. The van der Waals surface area contributed by atoms with E-state index in [1.54, 1.807) is 12.1 Å². The molecule has 0 radical (unpaired) electrons. The fourth-order valence-electron chi connectivity index (χ4n) is 2.78. The van der Waals surface area contributed by atoms with Crippen LogP contribution in [0.4, 0.5) is 18.9 Å². The van der Waals surface area contributed by atoms with Gasteiger partial charge in [0.05, 0.1) is 5.56 Å². The van der Waals surface area contributed by atoms with E-state index in [2.05, 4.69) is 17.4 Å². The van der Waals surface area contributed by atoms with Gasteiger partial charge in [0.15, 0.2) is 0 Å². The Morgan fingerprint density at radius 2 is 1.76 bits per heavy atom. The average Bonchev–Trinajstić information content (AvgIpc) is 2.47. The van der Waals surface area contributed by atoms with Crippen molar-refractivity contribution in [3.05, 3.63) is 64.7 Å². The summed E-state index contributed by atoms with van der Waals surface area (Å²) in [5, 5.41) is 3.37. The topological polar surface area (TPSA) is 12.0 Å². The first-order valence-electron chi connectivity index (χ1n) is 7.05. The van der Waals surface area contributed by atoms with E-state index in [0.29, 0.717) is 6.42 Å². The lowest BCUT2D eigenvalue weighted by atomic mass is 9.93. The van der Waals surface area contributed by atoms with E-state index < -0.39 is 11.7 Å². The van der Waals surface area contributed by atoms with Crippen LogP contribution < -0.4 is 5.32 Å². The Labute approximate surface area is 121 Å². The number of nitrogens with one attached hydrogen (secondary N) is 1.